The molecule has 0 radical (unpaired) electrons. The number of amides is 1. The number of pyridine rings is 1. The molecule has 1 aromatic rings. The van der Waals surface area contributed by atoms with Crippen LogP contribution in [0, 0.1) is 5.21 Å². The zero-order chi connectivity index (χ0) is 13.4. The van der Waals surface area contributed by atoms with Gasteiger partial charge in [-0.15, -0.1) is 0 Å². The summed E-state index contributed by atoms with van der Waals surface area (Å²) in [6.45, 7) is 1.71. The molecule has 1 atom stereocenters. The predicted molar refractivity (Wildman–Crippen MR) is 64.5 cm³/mol. The van der Waals surface area contributed by atoms with Crippen LogP contribution in [0.25, 0.3) is 0 Å². The Morgan fingerprint density at radius 2 is 2.06 bits per heavy atom. The first-order chi connectivity index (χ1) is 8.30. The number of hydrogen-bond donors (Lipinski definition) is 1. The molecule has 1 aliphatic heterocycles. The molecule has 2 heterocycles. The number of sulfone groups is 1. The summed E-state index contributed by atoms with van der Waals surface area (Å²) in [5.74, 6) is -0.311. The van der Waals surface area contributed by atoms with Crippen LogP contribution in [0.2, 0.25) is 0 Å². The summed E-state index contributed by atoms with van der Waals surface area (Å²) in [4.78, 5) is 11.9. The van der Waals surface area contributed by atoms with Crippen LogP contribution in [-0.2, 0) is 9.84 Å². The van der Waals surface area contributed by atoms with Crippen molar-refractivity contribution in [3.05, 3.63) is 35.3 Å². The number of carbonyl (C=O) groups excluding carboxylic acids is 1. The monoisotopic (exact) mass is 270 g/mol. The van der Waals surface area contributed by atoms with Gasteiger partial charge in [0.1, 0.15) is 0 Å². The number of hydrogen-bond acceptors (Lipinski definition) is 4. The highest BCUT2D eigenvalue weighted by Gasteiger charge is 2.39. The molecule has 6 nitrogen and oxygen atoms in total. The van der Waals surface area contributed by atoms with Crippen molar-refractivity contribution in [2.24, 2.45) is 0 Å². The quantitative estimate of drug-likeness (QED) is 0.586. The van der Waals surface area contributed by atoms with Gasteiger partial charge in [0.15, 0.2) is 22.2 Å². The SMILES string of the molecule is C[C@@]1(NC(=O)c2cc[n+]([O-])cc2)CCS(=O)(=O)C1. The molecule has 2 rings (SSSR count). The van der Waals surface area contributed by atoms with E-state index in [4.69, 9.17) is 0 Å². The standard InChI is InChI=1S/C11H14N2O4S/c1-11(4-7-18(16,17)8-11)12-10(14)9-2-5-13(15)6-3-9/h2-3,5-6H,4,7-8H2,1H3,(H,12,14)/t11-/m1/s1. The molecule has 18 heavy (non-hydrogen) atoms. The highest BCUT2D eigenvalue weighted by molar-refractivity contribution is 7.91. The second kappa shape index (κ2) is 4.24. The van der Waals surface area contributed by atoms with Gasteiger partial charge in [-0.05, 0) is 13.3 Å². The number of nitrogens with one attached hydrogen (secondary N) is 1. The van der Waals surface area contributed by atoms with Gasteiger partial charge >= 0.3 is 0 Å². The van der Waals surface area contributed by atoms with Gasteiger partial charge in [0, 0.05) is 12.1 Å². The maximum atomic E-state index is 11.9. The van der Waals surface area contributed by atoms with Gasteiger partial charge in [-0.2, -0.15) is 4.73 Å². The lowest BCUT2D eigenvalue weighted by Crippen LogP contribution is -2.47. The van der Waals surface area contributed by atoms with E-state index in [0.717, 1.165) is 0 Å². The fourth-order valence-corrected chi connectivity index (χ4v) is 4.11. The Morgan fingerprint density at radius 3 is 2.56 bits per heavy atom. The zero-order valence-corrected chi connectivity index (χ0v) is 10.7. The molecule has 98 valence electrons. The van der Waals surface area contributed by atoms with Crippen molar-refractivity contribution in [2.45, 2.75) is 18.9 Å². The summed E-state index contributed by atoms with van der Waals surface area (Å²) in [5, 5.41) is 13.6. The van der Waals surface area contributed by atoms with Crippen molar-refractivity contribution in [1.82, 2.24) is 5.32 Å². The first-order valence-electron chi connectivity index (χ1n) is 5.51. The Labute approximate surface area is 105 Å². The fourth-order valence-electron chi connectivity index (χ4n) is 2.02. The lowest BCUT2D eigenvalue weighted by atomic mass is 10.0. The predicted octanol–water partition coefficient (Wildman–Crippen LogP) is -0.373. The first-order valence-corrected chi connectivity index (χ1v) is 7.34. The minimum atomic E-state index is -3.06. The van der Waals surface area contributed by atoms with Gasteiger partial charge < -0.3 is 10.5 Å². The average molecular weight is 270 g/mol. The molecule has 0 bridgehead atoms. The van der Waals surface area contributed by atoms with Crippen molar-refractivity contribution >= 4 is 15.7 Å². The van der Waals surface area contributed by atoms with Gasteiger partial charge in [0.2, 0.25) is 0 Å². The fraction of sp³-hybridized carbons (Fsp3) is 0.455. The van der Waals surface area contributed by atoms with E-state index in [-0.39, 0.29) is 17.4 Å². The summed E-state index contributed by atoms with van der Waals surface area (Å²) < 4.78 is 23.4. The highest BCUT2D eigenvalue weighted by atomic mass is 32.2. The van der Waals surface area contributed by atoms with E-state index in [9.17, 15) is 18.4 Å². The Balaban J connectivity index is 2.10. The topological polar surface area (TPSA) is 90.2 Å². The van der Waals surface area contributed by atoms with E-state index in [0.29, 0.717) is 16.7 Å². The summed E-state index contributed by atoms with van der Waals surface area (Å²) in [6, 6.07) is 2.80. The molecule has 7 heteroatoms. The van der Waals surface area contributed by atoms with Crippen LogP contribution >= 0.6 is 0 Å². The zero-order valence-electron chi connectivity index (χ0n) is 9.92. The largest absolute Gasteiger partial charge is 0.619 e. The van der Waals surface area contributed by atoms with Gasteiger partial charge in [-0.25, -0.2) is 8.42 Å². The number of nitrogens with zero attached hydrogens (tertiary/aromatic N) is 1. The van der Waals surface area contributed by atoms with E-state index in [2.05, 4.69) is 5.32 Å². The van der Waals surface area contributed by atoms with Crippen molar-refractivity contribution < 1.29 is 17.9 Å². The maximum absolute atomic E-state index is 11.9. The van der Waals surface area contributed by atoms with Crippen molar-refractivity contribution in [2.75, 3.05) is 11.5 Å². The van der Waals surface area contributed by atoms with Crippen LogP contribution in [0.15, 0.2) is 24.5 Å². The first kappa shape index (κ1) is 12.8. The molecule has 1 amide bonds. The third-order valence-electron chi connectivity index (χ3n) is 2.98. The van der Waals surface area contributed by atoms with Gasteiger partial charge in [0.05, 0.1) is 22.6 Å². The number of rotatable bonds is 2. The average Bonchev–Trinajstić information content (AvgIpc) is 2.53. The van der Waals surface area contributed by atoms with Gasteiger partial charge in [-0.1, -0.05) is 0 Å². The van der Waals surface area contributed by atoms with E-state index < -0.39 is 15.4 Å². The van der Waals surface area contributed by atoms with Crippen molar-refractivity contribution in [3.8, 4) is 0 Å². The van der Waals surface area contributed by atoms with Crippen LogP contribution in [0.3, 0.4) is 0 Å². The summed E-state index contributed by atoms with van der Waals surface area (Å²) in [5.41, 5.74) is -0.383. The highest BCUT2D eigenvalue weighted by Crippen LogP contribution is 2.23. The molecule has 1 aromatic heterocycles. The third-order valence-corrected chi connectivity index (χ3v) is 4.89. The molecule has 1 aliphatic rings. The maximum Gasteiger partial charge on any atom is 0.252 e. The molecule has 1 N–H and O–H groups in total. The van der Waals surface area contributed by atoms with Crippen LogP contribution < -0.4 is 10.0 Å². The van der Waals surface area contributed by atoms with Crippen LogP contribution in [-0.4, -0.2) is 31.4 Å². The second-order valence-electron chi connectivity index (χ2n) is 4.80. The van der Waals surface area contributed by atoms with Gasteiger partial charge in [0.25, 0.3) is 5.91 Å². The van der Waals surface area contributed by atoms with Crippen molar-refractivity contribution in [1.29, 1.82) is 0 Å². The lowest BCUT2D eigenvalue weighted by Gasteiger charge is -2.23. The molecule has 0 unspecified atom stereocenters. The Hall–Kier alpha value is -1.63. The molecule has 1 fully saturated rings. The smallest absolute Gasteiger partial charge is 0.252 e. The lowest BCUT2D eigenvalue weighted by molar-refractivity contribution is -0.605. The van der Waals surface area contributed by atoms with E-state index in [1.54, 1.807) is 6.92 Å². The van der Waals surface area contributed by atoms with Crippen LogP contribution in [0.5, 0.6) is 0 Å². The molecule has 0 saturated carbocycles. The van der Waals surface area contributed by atoms with Crippen molar-refractivity contribution in [3.63, 3.8) is 0 Å². The molecule has 1 saturated heterocycles. The minimum Gasteiger partial charge on any atom is -0.619 e. The summed E-state index contributed by atoms with van der Waals surface area (Å²) in [6.07, 6.45) is 2.86. The summed E-state index contributed by atoms with van der Waals surface area (Å²) >= 11 is 0. The van der Waals surface area contributed by atoms with E-state index in [1.165, 1.54) is 24.5 Å². The molecule has 0 aromatic carbocycles. The Kier molecular flexibility index (Phi) is 3.02. The molecule has 0 spiro atoms. The molecular formula is C11H14N2O4S. The van der Waals surface area contributed by atoms with Crippen LogP contribution in [0.1, 0.15) is 23.7 Å². The second-order valence-corrected chi connectivity index (χ2v) is 6.99. The summed E-state index contributed by atoms with van der Waals surface area (Å²) in [7, 11) is -3.06. The number of aromatic nitrogens is 1. The van der Waals surface area contributed by atoms with Crippen LogP contribution in [0.4, 0.5) is 0 Å². The van der Waals surface area contributed by atoms with Gasteiger partial charge in [-0.3, -0.25) is 4.79 Å². The van der Waals surface area contributed by atoms with E-state index >= 15 is 0 Å². The molecule has 0 aliphatic carbocycles. The normalized spacial score (nSPS) is 25.8. The third kappa shape index (κ3) is 2.79. The minimum absolute atomic E-state index is 0.0415. The molecular weight excluding hydrogens is 256 g/mol. The number of carbonyl (C=O) groups is 1. The Bertz CT molecular complexity index is 567. The Morgan fingerprint density at radius 1 is 1.44 bits per heavy atom. The van der Waals surface area contributed by atoms with E-state index in [1.807, 2.05) is 0 Å².